The zero-order chi connectivity index (χ0) is 16.6. The molecule has 0 aromatic heterocycles. The van der Waals surface area contributed by atoms with Crippen LogP contribution in [0.25, 0.3) is 0 Å². The Kier molecular flexibility index (Phi) is 3.92. The number of carbonyl (C=O) groups is 1. The molecule has 1 heterocycles. The molecule has 1 aliphatic rings. The molecule has 2 aromatic carbocycles. The fraction of sp³-hybridized carbons (Fsp3) is 0.118. The number of hydrogen-bond acceptors (Lipinski definition) is 5. The van der Waals surface area contributed by atoms with E-state index in [1.54, 1.807) is 12.1 Å². The van der Waals surface area contributed by atoms with E-state index in [1.165, 1.54) is 23.9 Å². The number of Topliss-reactive ketones (excluding diaryl/α,β-unsaturated/α-hetero) is 1. The molecular formula is C17H14N2O3S. The topological polar surface area (TPSA) is 72.2 Å². The van der Waals surface area contributed by atoms with Gasteiger partial charge in [0.25, 0.3) is 5.69 Å². The maximum absolute atomic E-state index is 12.7. The lowest BCUT2D eigenvalue weighted by molar-refractivity contribution is -0.385. The van der Waals surface area contributed by atoms with Gasteiger partial charge < -0.3 is 5.32 Å². The number of nitro groups is 1. The molecule has 23 heavy (non-hydrogen) atoms. The molecule has 0 radical (unpaired) electrons. The standard InChI is InChI=1S/C17H14N2O3S/c1-10-8-13(19(21)22)9-14-15(10)18-11(2)17(23-14)16(20)12-6-4-3-5-7-12/h3-9,18H,1-2H3. The molecule has 0 saturated heterocycles. The molecule has 0 amide bonds. The van der Waals surface area contributed by atoms with E-state index in [9.17, 15) is 14.9 Å². The number of rotatable bonds is 3. The summed E-state index contributed by atoms with van der Waals surface area (Å²) in [5.74, 6) is -0.0876. The first-order valence-electron chi connectivity index (χ1n) is 7.02. The molecule has 0 aliphatic carbocycles. The molecule has 0 bridgehead atoms. The van der Waals surface area contributed by atoms with Gasteiger partial charge in [0, 0.05) is 28.3 Å². The average molecular weight is 326 g/mol. The lowest BCUT2D eigenvalue weighted by Gasteiger charge is -2.23. The summed E-state index contributed by atoms with van der Waals surface area (Å²) in [6.45, 7) is 3.66. The van der Waals surface area contributed by atoms with Gasteiger partial charge in [-0.25, -0.2) is 0 Å². The Morgan fingerprint density at radius 1 is 1.17 bits per heavy atom. The van der Waals surface area contributed by atoms with Crippen LogP contribution in [0.4, 0.5) is 11.4 Å². The maximum Gasteiger partial charge on any atom is 0.270 e. The molecule has 0 fully saturated rings. The van der Waals surface area contributed by atoms with Crippen LogP contribution in [-0.2, 0) is 0 Å². The fourth-order valence-electron chi connectivity index (χ4n) is 2.45. The first-order chi connectivity index (χ1) is 11.0. The Morgan fingerprint density at radius 3 is 2.52 bits per heavy atom. The van der Waals surface area contributed by atoms with E-state index in [0.29, 0.717) is 15.4 Å². The Hall–Kier alpha value is -2.60. The van der Waals surface area contributed by atoms with Crippen molar-refractivity contribution in [3.8, 4) is 0 Å². The third-order valence-corrected chi connectivity index (χ3v) is 4.84. The number of nitrogens with one attached hydrogen (secondary N) is 1. The van der Waals surface area contributed by atoms with E-state index in [-0.39, 0.29) is 11.5 Å². The lowest BCUT2D eigenvalue weighted by atomic mass is 10.1. The van der Waals surface area contributed by atoms with E-state index >= 15 is 0 Å². The Bertz CT molecular complexity index is 844. The molecule has 6 heteroatoms. The van der Waals surface area contributed by atoms with Gasteiger partial charge in [-0.1, -0.05) is 42.1 Å². The van der Waals surface area contributed by atoms with Crippen LogP contribution in [0.1, 0.15) is 22.8 Å². The van der Waals surface area contributed by atoms with Gasteiger partial charge in [0.05, 0.1) is 15.5 Å². The summed E-state index contributed by atoms with van der Waals surface area (Å²) in [7, 11) is 0. The molecule has 1 aliphatic heterocycles. The van der Waals surface area contributed by atoms with Crippen molar-refractivity contribution in [3.05, 3.63) is 74.3 Å². The predicted octanol–water partition coefficient (Wildman–Crippen LogP) is 4.54. The van der Waals surface area contributed by atoms with E-state index in [1.807, 2.05) is 32.0 Å². The molecule has 5 nitrogen and oxygen atoms in total. The lowest BCUT2D eigenvalue weighted by Crippen LogP contribution is -2.13. The quantitative estimate of drug-likeness (QED) is 0.509. The maximum atomic E-state index is 12.7. The van der Waals surface area contributed by atoms with Crippen molar-refractivity contribution in [1.29, 1.82) is 0 Å². The molecule has 0 spiro atoms. The summed E-state index contributed by atoms with van der Waals surface area (Å²) in [6, 6.07) is 12.0. The molecule has 3 rings (SSSR count). The molecular weight excluding hydrogens is 312 g/mol. The van der Waals surface area contributed by atoms with Crippen LogP contribution < -0.4 is 5.32 Å². The van der Waals surface area contributed by atoms with E-state index < -0.39 is 4.92 Å². The number of allylic oxidation sites excluding steroid dienone is 2. The van der Waals surface area contributed by atoms with Gasteiger partial charge in [0.1, 0.15) is 0 Å². The third kappa shape index (κ3) is 2.85. The zero-order valence-corrected chi connectivity index (χ0v) is 13.4. The molecule has 0 unspecified atom stereocenters. The van der Waals surface area contributed by atoms with Crippen LogP contribution in [0.15, 0.2) is 58.0 Å². The van der Waals surface area contributed by atoms with E-state index in [0.717, 1.165) is 16.9 Å². The van der Waals surface area contributed by atoms with Crippen LogP contribution in [0.2, 0.25) is 0 Å². The number of carbonyl (C=O) groups excluding carboxylic acids is 1. The van der Waals surface area contributed by atoms with Gasteiger partial charge in [0.15, 0.2) is 0 Å². The van der Waals surface area contributed by atoms with Crippen LogP contribution in [0.5, 0.6) is 0 Å². The predicted molar refractivity (Wildman–Crippen MR) is 90.8 cm³/mol. The average Bonchev–Trinajstić information content (AvgIpc) is 2.55. The minimum atomic E-state index is -0.419. The smallest absolute Gasteiger partial charge is 0.270 e. The van der Waals surface area contributed by atoms with E-state index in [2.05, 4.69) is 5.32 Å². The molecule has 1 N–H and O–H groups in total. The minimum Gasteiger partial charge on any atom is -0.357 e. The van der Waals surface area contributed by atoms with Crippen LogP contribution in [0.3, 0.4) is 0 Å². The Labute approximate surface area is 137 Å². The minimum absolute atomic E-state index is 0.0293. The van der Waals surface area contributed by atoms with Crippen LogP contribution >= 0.6 is 11.8 Å². The molecule has 2 aromatic rings. The highest BCUT2D eigenvalue weighted by atomic mass is 32.2. The van der Waals surface area contributed by atoms with Gasteiger partial charge in [-0.3, -0.25) is 14.9 Å². The molecule has 0 saturated carbocycles. The number of thioether (sulfide) groups is 1. The van der Waals surface area contributed by atoms with Crippen LogP contribution in [0, 0.1) is 17.0 Å². The number of hydrogen-bond donors (Lipinski definition) is 1. The van der Waals surface area contributed by atoms with Crippen molar-refractivity contribution < 1.29 is 9.72 Å². The normalized spacial score (nSPS) is 13.3. The summed E-state index contributed by atoms with van der Waals surface area (Å²) in [5.41, 5.74) is 2.99. The zero-order valence-electron chi connectivity index (χ0n) is 12.6. The van der Waals surface area contributed by atoms with Gasteiger partial charge >= 0.3 is 0 Å². The van der Waals surface area contributed by atoms with Crippen molar-refractivity contribution in [2.75, 3.05) is 5.32 Å². The van der Waals surface area contributed by atoms with Gasteiger partial charge in [-0.15, -0.1) is 0 Å². The first-order valence-corrected chi connectivity index (χ1v) is 7.83. The van der Waals surface area contributed by atoms with Crippen molar-refractivity contribution in [2.24, 2.45) is 0 Å². The van der Waals surface area contributed by atoms with Gasteiger partial charge in [0.2, 0.25) is 5.78 Å². The SMILES string of the molecule is CC1=C(C(=O)c2ccccc2)Sc2cc([N+](=O)[O-])cc(C)c2N1. The second kappa shape index (κ2) is 5.89. The second-order valence-corrected chi connectivity index (χ2v) is 6.32. The summed E-state index contributed by atoms with van der Waals surface area (Å²) in [5, 5.41) is 14.2. The van der Waals surface area contributed by atoms with Crippen molar-refractivity contribution in [3.63, 3.8) is 0 Å². The highest BCUT2D eigenvalue weighted by Gasteiger charge is 2.25. The fourth-order valence-corrected chi connectivity index (χ4v) is 3.58. The largest absolute Gasteiger partial charge is 0.357 e. The first kappa shape index (κ1) is 15.3. The number of nitro benzene ring substituents is 1. The third-order valence-electron chi connectivity index (χ3n) is 3.60. The second-order valence-electron chi connectivity index (χ2n) is 5.27. The highest BCUT2D eigenvalue weighted by Crippen LogP contribution is 2.44. The van der Waals surface area contributed by atoms with Crippen molar-refractivity contribution in [1.82, 2.24) is 0 Å². The van der Waals surface area contributed by atoms with Crippen LogP contribution in [-0.4, -0.2) is 10.7 Å². The van der Waals surface area contributed by atoms with Crippen molar-refractivity contribution >= 4 is 28.9 Å². The number of aryl methyl sites for hydroxylation is 1. The Balaban J connectivity index is 2.01. The summed E-state index contributed by atoms with van der Waals surface area (Å²) in [4.78, 5) is 24.5. The molecule has 116 valence electrons. The number of fused-ring (bicyclic) bond motifs is 1. The number of ketones is 1. The number of non-ortho nitro benzene ring substituents is 1. The Morgan fingerprint density at radius 2 is 1.87 bits per heavy atom. The van der Waals surface area contributed by atoms with Gasteiger partial charge in [-0.2, -0.15) is 0 Å². The number of benzene rings is 2. The summed E-state index contributed by atoms with van der Waals surface area (Å²) >= 11 is 1.28. The van der Waals surface area contributed by atoms with Gasteiger partial charge in [-0.05, 0) is 19.4 Å². The summed E-state index contributed by atoms with van der Waals surface area (Å²) in [6.07, 6.45) is 0. The number of nitrogens with zero attached hydrogens (tertiary/aromatic N) is 1. The highest BCUT2D eigenvalue weighted by molar-refractivity contribution is 8.04. The molecule has 0 atom stereocenters. The monoisotopic (exact) mass is 326 g/mol. The summed E-state index contributed by atoms with van der Waals surface area (Å²) < 4.78 is 0. The number of anilines is 1. The van der Waals surface area contributed by atoms with Crippen molar-refractivity contribution in [2.45, 2.75) is 18.7 Å². The van der Waals surface area contributed by atoms with E-state index in [4.69, 9.17) is 0 Å².